The molecule has 0 atom stereocenters. The number of aromatic amines is 1. The maximum absolute atomic E-state index is 14.0. The summed E-state index contributed by atoms with van der Waals surface area (Å²) in [5, 5.41) is 3.65. The number of benzene rings is 2. The van der Waals surface area contributed by atoms with Crippen LogP contribution in [0.4, 0.5) is 13.2 Å². The summed E-state index contributed by atoms with van der Waals surface area (Å²) in [6, 6.07) is 11.2. The standard InChI is InChI=1S/C23H17F3N4O4/c1-11-16(21-28-18-14(33-3)9-6-10-15(18)34-21)22(31)30-20(27-11)17(19(29-30)23(24,25)26)12-7-4-5-8-13(12)32-2/h4-10,27H,1-3H3. The summed E-state index contributed by atoms with van der Waals surface area (Å²) in [6.45, 7) is 1.55. The highest BCUT2D eigenvalue weighted by molar-refractivity contribution is 5.86. The third kappa shape index (κ3) is 3.19. The molecule has 0 saturated carbocycles. The lowest BCUT2D eigenvalue weighted by atomic mass is 10.0. The Kier molecular flexibility index (Phi) is 4.85. The summed E-state index contributed by atoms with van der Waals surface area (Å²) in [4.78, 5) is 20.7. The zero-order valence-electron chi connectivity index (χ0n) is 18.1. The Balaban J connectivity index is 1.84. The molecule has 0 aliphatic carbocycles. The van der Waals surface area contributed by atoms with Crippen molar-refractivity contribution in [2.75, 3.05) is 14.2 Å². The fourth-order valence-corrected chi connectivity index (χ4v) is 3.94. The first kappa shape index (κ1) is 21.6. The molecule has 8 nitrogen and oxygen atoms in total. The first-order valence-corrected chi connectivity index (χ1v) is 10.0. The summed E-state index contributed by atoms with van der Waals surface area (Å²) in [7, 11) is 2.82. The summed E-state index contributed by atoms with van der Waals surface area (Å²) >= 11 is 0. The number of halogens is 3. The molecule has 0 unspecified atom stereocenters. The van der Waals surface area contributed by atoms with Gasteiger partial charge in [-0.2, -0.15) is 22.8 Å². The van der Waals surface area contributed by atoms with E-state index in [4.69, 9.17) is 13.9 Å². The average Bonchev–Trinajstić information content (AvgIpc) is 3.40. The van der Waals surface area contributed by atoms with Crippen molar-refractivity contribution in [3.05, 3.63) is 64.2 Å². The number of para-hydroxylation sites is 2. The summed E-state index contributed by atoms with van der Waals surface area (Å²) in [5.74, 6) is 0.569. The zero-order chi connectivity index (χ0) is 24.2. The molecule has 3 heterocycles. The number of aromatic nitrogens is 4. The van der Waals surface area contributed by atoms with Crippen LogP contribution in [0, 0.1) is 6.92 Å². The van der Waals surface area contributed by atoms with E-state index in [0.29, 0.717) is 21.4 Å². The fraction of sp³-hybridized carbons (Fsp3) is 0.174. The Bertz CT molecular complexity index is 1610. The van der Waals surface area contributed by atoms with Crippen LogP contribution in [0.15, 0.2) is 51.7 Å². The number of nitrogens with one attached hydrogen (secondary N) is 1. The van der Waals surface area contributed by atoms with Gasteiger partial charge in [-0.3, -0.25) is 4.79 Å². The van der Waals surface area contributed by atoms with Crippen LogP contribution in [-0.4, -0.2) is 33.8 Å². The van der Waals surface area contributed by atoms with E-state index in [1.807, 2.05) is 0 Å². The molecule has 5 rings (SSSR count). The number of aryl methyl sites for hydroxylation is 1. The number of hydrogen-bond donors (Lipinski definition) is 1. The van der Waals surface area contributed by atoms with E-state index in [1.54, 1.807) is 37.3 Å². The molecule has 0 amide bonds. The van der Waals surface area contributed by atoms with Gasteiger partial charge < -0.3 is 18.9 Å². The van der Waals surface area contributed by atoms with Crippen LogP contribution in [0.5, 0.6) is 11.5 Å². The van der Waals surface area contributed by atoms with Gasteiger partial charge in [0.25, 0.3) is 5.56 Å². The molecule has 34 heavy (non-hydrogen) atoms. The number of methoxy groups -OCH3 is 2. The van der Waals surface area contributed by atoms with Crippen molar-refractivity contribution in [3.63, 3.8) is 0 Å². The number of ether oxygens (including phenoxy) is 2. The molecule has 174 valence electrons. The van der Waals surface area contributed by atoms with Crippen LogP contribution >= 0.6 is 0 Å². The number of oxazole rings is 1. The van der Waals surface area contributed by atoms with Crippen molar-refractivity contribution in [1.82, 2.24) is 19.6 Å². The fourth-order valence-electron chi connectivity index (χ4n) is 3.94. The zero-order valence-corrected chi connectivity index (χ0v) is 18.1. The molecular weight excluding hydrogens is 453 g/mol. The van der Waals surface area contributed by atoms with Gasteiger partial charge in [0.2, 0.25) is 5.89 Å². The van der Waals surface area contributed by atoms with E-state index in [1.165, 1.54) is 26.4 Å². The van der Waals surface area contributed by atoms with Gasteiger partial charge in [-0.1, -0.05) is 24.3 Å². The van der Waals surface area contributed by atoms with Crippen LogP contribution < -0.4 is 15.0 Å². The molecule has 0 saturated heterocycles. The second-order valence-corrected chi connectivity index (χ2v) is 7.44. The minimum Gasteiger partial charge on any atom is -0.496 e. The monoisotopic (exact) mass is 470 g/mol. The largest absolute Gasteiger partial charge is 0.496 e. The number of rotatable bonds is 4. The van der Waals surface area contributed by atoms with Gasteiger partial charge in [0.05, 0.1) is 19.8 Å². The molecule has 0 aliphatic rings. The molecule has 0 spiro atoms. The second kappa shape index (κ2) is 7.65. The Hall–Kier alpha value is -4.28. The van der Waals surface area contributed by atoms with Crippen LogP contribution in [0.1, 0.15) is 11.4 Å². The summed E-state index contributed by atoms with van der Waals surface area (Å²) in [5.41, 5.74) is -1.37. The third-order valence-electron chi connectivity index (χ3n) is 5.43. The molecule has 1 N–H and O–H groups in total. The molecule has 0 radical (unpaired) electrons. The van der Waals surface area contributed by atoms with Gasteiger partial charge in [-0.05, 0) is 25.1 Å². The van der Waals surface area contributed by atoms with Crippen molar-refractivity contribution >= 4 is 16.7 Å². The maximum atomic E-state index is 14.0. The number of alkyl halides is 3. The van der Waals surface area contributed by atoms with Crippen molar-refractivity contribution in [2.24, 2.45) is 0 Å². The predicted molar refractivity (Wildman–Crippen MR) is 117 cm³/mol. The van der Waals surface area contributed by atoms with Gasteiger partial charge in [-0.15, -0.1) is 0 Å². The van der Waals surface area contributed by atoms with E-state index < -0.39 is 17.4 Å². The second-order valence-electron chi connectivity index (χ2n) is 7.44. The molecule has 0 aliphatic heterocycles. The number of H-pyrrole nitrogens is 1. The Morgan fingerprint density at radius 3 is 2.41 bits per heavy atom. The van der Waals surface area contributed by atoms with Crippen molar-refractivity contribution in [3.8, 4) is 34.1 Å². The van der Waals surface area contributed by atoms with Crippen LogP contribution in [0.2, 0.25) is 0 Å². The molecule has 5 aromatic rings. The predicted octanol–water partition coefficient (Wildman–Crippen LogP) is 4.84. The summed E-state index contributed by atoms with van der Waals surface area (Å²) in [6.07, 6.45) is -4.83. The molecular formula is C23H17F3N4O4. The lowest BCUT2D eigenvalue weighted by Crippen LogP contribution is -2.20. The first-order chi connectivity index (χ1) is 16.2. The van der Waals surface area contributed by atoms with E-state index in [0.717, 1.165) is 0 Å². The minimum atomic E-state index is -4.83. The van der Waals surface area contributed by atoms with Crippen LogP contribution in [0.25, 0.3) is 39.3 Å². The highest BCUT2D eigenvalue weighted by atomic mass is 19.4. The lowest BCUT2D eigenvalue weighted by Gasteiger charge is -2.11. The number of nitrogens with zero attached hydrogens (tertiary/aromatic N) is 3. The lowest BCUT2D eigenvalue weighted by molar-refractivity contribution is -0.140. The molecule has 3 aromatic heterocycles. The maximum Gasteiger partial charge on any atom is 0.435 e. The van der Waals surface area contributed by atoms with E-state index in [9.17, 15) is 18.0 Å². The molecule has 0 bridgehead atoms. The Morgan fingerprint density at radius 1 is 1.00 bits per heavy atom. The van der Waals surface area contributed by atoms with Gasteiger partial charge in [0, 0.05) is 11.3 Å². The molecule has 11 heteroatoms. The normalized spacial score (nSPS) is 11.9. The van der Waals surface area contributed by atoms with Crippen LogP contribution in [0.3, 0.4) is 0 Å². The topological polar surface area (TPSA) is 94.7 Å². The first-order valence-electron chi connectivity index (χ1n) is 10.0. The SMILES string of the molecule is COc1ccccc1-c1c(C(F)(F)F)nn2c(=O)c(-c3nc4c(OC)cccc4o3)c(C)[nH]c12. The smallest absolute Gasteiger partial charge is 0.435 e. The van der Waals surface area contributed by atoms with Crippen molar-refractivity contribution in [1.29, 1.82) is 0 Å². The van der Waals surface area contributed by atoms with E-state index in [2.05, 4.69) is 15.1 Å². The highest BCUT2D eigenvalue weighted by Crippen LogP contribution is 2.41. The average molecular weight is 470 g/mol. The quantitative estimate of drug-likeness (QED) is 0.404. The number of fused-ring (bicyclic) bond motifs is 2. The molecule has 0 fully saturated rings. The highest BCUT2D eigenvalue weighted by Gasteiger charge is 2.40. The van der Waals surface area contributed by atoms with Crippen molar-refractivity contribution in [2.45, 2.75) is 13.1 Å². The van der Waals surface area contributed by atoms with E-state index >= 15 is 0 Å². The molecule has 2 aromatic carbocycles. The van der Waals surface area contributed by atoms with Gasteiger partial charge in [0.15, 0.2) is 16.8 Å². The van der Waals surface area contributed by atoms with Crippen molar-refractivity contribution < 1.29 is 27.1 Å². The Morgan fingerprint density at radius 2 is 1.71 bits per heavy atom. The van der Waals surface area contributed by atoms with Gasteiger partial charge in [0.1, 0.15) is 22.7 Å². The Labute approximate surface area is 189 Å². The van der Waals surface area contributed by atoms with E-state index in [-0.39, 0.29) is 39.7 Å². The third-order valence-corrected chi connectivity index (χ3v) is 5.43. The van der Waals surface area contributed by atoms with Gasteiger partial charge in [-0.25, -0.2) is 4.98 Å². The minimum absolute atomic E-state index is 0.0476. The van der Waals surface area contributed by atoms with Crippen LogP contribution in [-0.2, 0) is 6.18 Å². The summed E-state index contributed by atoms with van der Waals surface area (Å²) < 4.78 is 59.0. The number of hydrogen-bond acceptors (Lipinski definition) is 6. The van der Waals surface area contributed by atoms with Gasteiger partial charge >= 0.3 is 6.18 Å².